The lowest BCUT2D eigenvalue weighted by atomic mass is 9.76. The largest absolute Gasteiger partial charge is 0.349 e. The zero-order chi connectivity index (χ0) is 14.0. The van der Waals surface area contributed by atoms with E-state index < -0.39 is 0 Å². The van der Waals surface area contributed by atoms with Crippen LogP contribution in [0.5, 0.6) is 0 Å². The normalized spacial score (nSPS) is 21.5. The van der Waals surface area contributed by atoms with Crippen LogP contribution in [0.3, 0.4) is 0 Å². The van der Waals surface area contributed by atoms with Gasteiger partial charge in [-0.15, -0.1) is 0 Å². The molecule has 1 fully saturated rings. The highest BCUT2D eigenvalue weighted by atomic mass is 19.1. The summed E-state index contributed by atoms with van der Waals surface area (Å²) in [4.78, 5) is 8.83. The van der Waals surface area contributed by atoms with E-state index in [1.807, 2.05) is 50.1 Å². The van der Waals surface area contributed by atoms with Crippen LogP contribution in [0.4, 0.5) is 4.39 Å². The summed E-state index contributed by atoms with van der Waals surface area (Å²) in [6, 6.07) is 7.24. The summed E-state index contributed by atoms with van der Waals surface area (Å²) in [5.41, 5.74) is 1.23. The van der Waals surface area contributed by atoms with Crippen molar-refractivity contribution < 1.29 is 4.39 Å². The molecule has 2 rings (SSSR count). The van der Waals surface area contributed by atoms with Crippen LogP contribution in [0, 0.1) is 5.82 Å². The first kappa shape index (κ1) is 13.8. The molecule has 0 aromatic heterocycles. The Hall–Kier alpha value is -1.58. The van der Waals surface area contributed by atoms with Crippen LogP contribution in [-0.4, -0.2) is 50.0 Å². The Labute approximate surface area is 114 Å². The van der Waals surface area contributed by atoms with Crippen LogP contribution < -0.4 is 0 Å². The molecule has 19 heavy (non-hydrogen) atoms. The highest BCUT2D eigenvalue weighted by Crippen LogP contribution is 2.38. The molecule has 0 saturated heterocycles. The van der Waals surface area contributed by atoms with Gasteiger partial charge in [-0.1, -0.05) is 12.1 Å². The summed E-state index contributed by atoms with van der Waals surface area (Å²) in [5.74, 6) is 1.36. The van der Waals surface area contributed by atoms with Gasteiger partial charge in [0.25, 0.3) is 0 Å². The van der Waals surface area contributed by atoms with E-state index in [-0.39, 0.29) is 5.82 Å². The Morgan fingerprint density at radius 1 is 1.05 bits per heavy atom. The van der Waals surface area contributed by atoms with Crippen molar-refractivity contribution >= 4 is 5.96 Å². The number of guanidine groups is 1. The Kier molecular flexibility index (Phi) is 4.08. The van der Waals surface area contributed by atoms with Gasteiger partial charge in [-0.2, -0.15) is 0 Å². The van der Waals surface area contributed by atoms with Crippen molar-refractivity contribution in [3.63, 3.8) is 0 Å². The summed E-state index contributed by atoms with van der Waals surface area (Å²) in [7, 11) is 8.04. The first-order valence-corrected chi connectivity index (χ1v) is 6.65. The fraction of sp³-hybridized carbons (Fsp3) is 0.533. The molecule has 104 valence electrons. The van der Waals surface area contributed by atoms with Gasteiger partial charge in [0.2, 0.25) is 0 Å². The molecule has 0 radical (unpaired) electrons. The molecule has 0 heterocycles. The topological polar surface area (TPSA) is 18.8 Å². The van der Waals surface area contributed by atoms with E-state index in [4.69, 9.17) is 4.99 Å². The van der Waals surface area contributed by atoms with Gasteiger partial charge in [-0.3, -0.25) is 0 Å². The Balaban J connectivity index is 1.96. The maximum absolute atomic E-state index is 12.9. The third-order valence-electron chi connectivity index (χ3n) is 3.55. The molecular formula is C15H22FN3. The molecule has 1 aliphatic carbocycles. The second kappa shape index (κ2) is 5.59. The molecule has 1 saturated carbocycles. The second-order valence-electron chi connectivity index (χ2n) is 5.59. The molecule has 0 atom stereocenters. The number of hydrogen-bond donors (Lipinski definition) is 0. The van der Waals surface area contributed by atoms with Crippen LogP contribution in [0.25, 0.3) is 0 Å². The number of hydrogen-bond acceptors (Lipinski definition) is 1. The zero-order valence-corrected chi connectivity index (χ0v) is 12.1. The average Bonchev–Trinajstić information content (AvgIpc) is 2.28. The molecule has 0 bridgehead atoms. The number of aliphatic imine (C=N–C) groups is 1. The van der Waals surface area contributed by atoms with Crippen molar-refractivity contribution in [2.75, 3.05) is 28.2 Å². The predicted molar refractivity (Wildman–Crippen MR) is 77.0 cm³/mol. The number of benzene rings is 1. The van der Waals surface area contributed by atoms with Crippen LogP contribution in [0.2, 0.25) is 0 Å². The second-order valence-corrected chi connectivity index (χ2v) is 5.59. The lowest BCUT2D eigenvalue weighted by molar-refractivity contribution is 0.342. The smallest absolute Gasteiger partial charge is 0.195 e. The van der Waals surface area contributed by atoms with Crippen molar-refractivity contribution in [2.24, 2.45) is 4.99 Å². The summed E-state index contributed by atoms with van der Waals surface area (Å²) < 4.78 is 12.9. The number of rotatable bonds is 2. The third-order valence-corrected chi connectivity index (χ3v) is 3.55. The molecule has 4 heteroatoms. The SMILES string of the molecule is CN(C)C(=NC1CC(c2ccc(F)cc2)C1)N(C)C. The van der Waals surface area contributed by atoms with E-state index in [1.54, 1.807) is 0 Å². The highest BCUT2D eigenvalue weighted by Gasteiger charge is 2.30. The van der Waals surface area contributed by atoms with Crippen LogP contribution in [0.1, 0.15) is 24.3 Å². The minimum atomic E-state index is -0.167. The summed E-state index contributed by atoms with van der Waals surface area (Å²) in [5, 5.41) is 0. The molecule has 1 aromatic rings. The Morgan fingerprint density at radius 2 is 1.58 bits per heavy atom. The number of halogens is 1. The van der Waals surface area contributed by atoms with E-state index in [0.717, 1.165) is 18.8 Å². The van der Waals surface area contributed by atoms with E-state index >= 15 is 0 Å². The minimum absolute atomic E-state index is 0.167. The maximum Gasteiger partial charge on any atom is 0.195 e. The fourth-order valence-electron chi connectivity index (χ4n) is 2.49. The Bertz CT molecular complexity index is 435. The van der Waals surface area contributed by atoms with Gasteiger partial charge in [0, 0.05) is 28.2 Å². The molecule has 1 aromatic carbocycles. The van der Waals surface area contributed by atoms with Gasteiger partial charge < -0.3 is 9.80 Å². The molecule has 3 nitrogen and oxygen atoms in total. The van der Waals surface area contributed by atoms with Crippen LogP contribution in [0.15, 0.2) is 29.3 Å². The highest BCUT2D eigenvalue weighted by molar-refractivity contribution is 5.79. The quantitative estimate of drug-likeness (QED) is 0.603. The van der Waals surface area contributed by atoms with Crippen LogP contribution >= 0.6 is 0 Å². The third kappa shape index (κ3) is 3.25. The van der Waals surface area contributed by atoms with Crippen LogP contribution in [-0.2, 0) is 0 Å². The van der Waals surface area contributed by atoms with Gasteiger partial charge >= 0.3 is 0 Å². The summed E-state index contributed by atoms with van der Waals surface area (Å²) in [6.45, 7) is 0. The maximum atomic E-state index is 12.9. The van der Waals surface area contributed by atoms with Gasteiger partial charge in [0.15, 0.2) is 5.96 Å². The summed E-state index contributed by atoms with van der Waals surface area (Å²) in [6.07, 6.45) is 2.10. The van der Waals surface area contributed by atoms with Crippen molar-refractivity contribution in [1.82, 2.24) is 9.80 Å². The molecular weight excluding hydrogens is 241 g/mol. The summed E-state index contributed by atoms with van der Waals surface area (Å²) >= 11 is 0. The number of nitrogens with zero attached hydrogens (tertiary/aromatic N) is 3. The average molecular weight is 263 g/mol. The van der Waals surface area contributed by atoms with E-state index in [9.17, 15) is 4.39 Å². The standard InChI is InChI=1S/C15H22FN3/c1-18(2)15(19(3)4)17-14-9-12(10-14)11-5-7-13(16)8-6-11/h5-8,12,14H,9-10H2,1-4H3. The monoisotopic (exact) mass is 263 g/mol. The van der Waals surface area contributed by atoms with Gasteiger partial charge in [-0.05, 0) is 36.5 Å². The zero-order valence-electron chi connectivity index (χ0n) is 12.1. The molecule has 0 unspecified atom stereocenters. The van der Waals surface area contributed by atoms with Crippen molar-refractivity contribution in [3.8, 4) is 0 Å². The van der Waals surface area contributed by atoms with E-state index in [1.165, 1.54) is 17.7 Å². The van der Waals surface area contributed by atoms with E-state index in [2.05, 4.69) is 0 Å². The minimum Gasteiger partial charge on any atom is -0.349 e. The van der Waals surface area contributed by atoms with Crippen molar-refractivity contribution in [3.05, 3.63) is 35.6 Å². The lowest BCUT2D eigenvalue weighted by Gasteiger charge is -2.35. The molecule has 0 spiro atoms. The lowest BCUT2D eigenvalue weighted by Crippen LogP contribution is -2.38. The Morgan fingerprint density at radius 3 is 2.05 bits per heavy atom. The van der Waals surface area contributed by atoms with Gasteiger partial charge in [0.05, 0.1) is 6.04 Å². The first-order chi connectivity index (χ1) is 8.97. The first-order valence-electron chi connectivity index (χ1n) is 6.65. The van der Waals surface area contributed by atoms with Crippen molar-refractivity contribution in [1.29, 1.82) is 0 Å². The van der Waals surface area contributed by atoms with Gasteiger partial charge in [-0.25, -0.2) is 9.38 Å². The molecule has 0 amide bonds. The van der Waals surface area contributed by atoms with Gasteiger partial charge in [0.1, 0.15) is 5.82 Å². The fourth-order valence-corrected chi connectivity index (χ4v) is 2.49. The molecule has 0 N–H and O–H groups in total. The van der Waals surface area contributed by atoms with E-state index in [0.29, 0.717) is 12.0 Å². The molecule has 0 aliphatic heterocycles. The predicted octanol–water partition coefficient (Wildman–Crippen LogP) is 2.55. The molecule has 1 aliphatic rings. The van der Waals surface area contributed by atoms with Crippen molar-refractivity contribution in [2.45, 2.75) is 24.8 Å².